The Hall–Kier alpha value is -8.14. The van der Waals surface area contributed by atoms with Gasteiger partial charge < -0.3 is 0 Å². The molecule has 11 aromatic rings. The van der Waals surface area contributed by atoms with Crippen molar-refractivity contribution >= 4 is 63.8 Å². The molecule has 0 aliphatic heterocycles. The van der Waals surface area contributed by atoms with Crippen molar-refractivity contribution in [3.8, 4) is 34.2 Å². The number of rotatable bonds is 13. The molecule has 0 saturated heterocycles. The Morgan fingerprint density at radius 1 is 0.188 bits per heavy atom. The molecule has 0 aliphatic carbocycles. The minimum atomic E-state index is -3.58. The van der Waals surface area contributed by atoms with E-state index in [0.717, 1.165) is 16.7 Å². The van der Waals surface area contributed by atoms with Crippen molar-refractivity contribution in [2.24, 2.45) is 0 Å². The highest BCUT2D eigenvalue weighted by atomic mass is 29.6. The third kappa shape index (κ3) is 7.46. The van der Waals surface area contributed by atoms with Crippen LogP contribution < -0.4 is 41.5 Å². The summed E-state index contributed by atoms with van der Waals surface area (Å²) in [6.07, 6.45) is 0. The lowest BCUT2D eigenvalue weighted by atomic mass is 10.1. The van der Waals surface area contributed by atoms with E-state index >= 15 is 0 Å². The average molecular weight is 932 g/mol. The second-order valence-corrected chi connectivity index (χ2v) is 37.1. The van der Waals surface area contributed by atoms with Crippen LogP contribution >= 0.6 is 0 Å². The van der Waals surface area contributed by atoms with Crippen LogP contribution in [0.25, 0.3) is 34.2 Å². The van der Waals surface area contributed by atoms with Crippen molar-refractivity contribution in [2.45, 2.75) is 0 Å². The SMILES string of the molecule is c1ccc(-c2nc(-c3ccccc3)nc(-c3cccc([Si](c4ccccc4)(c4ccccc4)[Si](c4ccccc4)(c4ccccc4)[Si](c4ccccc4)(c4ccccc4)c4ccccc4)c3)n2)cc1. The minimum absolute atomic E-state index is 0.637. The zero-order chi connectivity index (χ0) is 46.4. The number of aromatic nitrogens is 3. The standard InChI is InChI=1S/C63H49N3Si3/c1-10-29-50(30-11-1)61-64-62(51-31-12-2-13-32-51)66-63(65-61)52-33-28-48-60(49-52)68(56-40-20-6-21-41-56,57-42-22-7-23-43-57)69(58-44-24-8-25-45-58,59-46-26-9-27-47-59)67(53-34-14-3-15-35-53,54-36-16-4-17-37-54)55-38-18-5-19-39-55/h1-49H. The monoisotopic (exact) mass is 931 g/mol. The minimum Gasteiger partial charge on any atom is -0.208 e. The third-order valence-corrected chi connectivity index (χ3v) is 47.8. The molecule has 0 amide bonds. The fourth-order valence-corrected chi connectivity index (χ4v) is 56.6. The van der Waals surface area contributed by atoms with Crippen LogP contribution in [0.3, 0.4) is 0 Å². The molecule has 69 heavy (non-hydrogen) atoms. The maximum Gasteiger partial charge on any atom is 0.164 e. The van der Waals surface area contributed by atoms with Gasteiger partial charge in [0.25, 0.3) is 0 Å². The molecule has 0 fully saturated rings. The third-order valence-electron chi connectivity index (χ3n) is 13.8. The van der Waals surface area contributed by atoms with E-state index in [1.165, 1.54) is 41.5 Å². The predicted molar refractivity (Wildman–Crippen MR) is 296 cm³/mol. The second kappa shape index (κ2) is 19.2. The van der Waals surface area contributed by atoms with Crippen molar-refractivity contribution in [2.75, 3.05) is 0 Å². The van der Waals surface area contributed by atoms with Crippen LogP contribution in [0.15, 0.2) is 297 Å². The molecule has 3 nitrogen and oxygen atoms in total. The number of hydrogen-bond acceptors (Lipinski definition) is 3. The van der Waals surface area contributed by atoms with E-state index in [4.69, 9.17) is 15.0 Å². The maximum absolute atomic E-state index is 5.35. The Labute approximate surface area is 407 Å². The van der Waals surface area contributed by atoms with Crippen LogP contribution in [0, 0.1) is 0 Å². The summed E-state index contributed by atoms with van der Waals surface area (Å²) in [5.74, 6) is 1.92. The molecule has 1 aromatic heterocycles. The zero-order valence-corrected chi connectivity index (χ0v) is 41.1. The first-order valence-corrected chi connectivity index (χ1v) is 31.6. The summed E-state index contributed by atoms with van der Waals surface area (Å²) >= 11 is 0. The van der Waals surface area contributed by atoms with Crippen LogP contribution in [0.2, 0.25) is 0 Å². The highest BCUT2D eigenvalue weighted by Crippen LogP contribution is 2.33. The molecule has 0 aliphatic rings. The van der Waals surface area contributed by atoms with Gasteiger partial charge in [-0.15, -0.1) is 0 Å². The van der Waals surface area contributed by atoms with Gasteiger partial charge in [-0.1, -0.05) is 339 Å². The molecule has 11 rings (SSSR count). The molecular weight excluding hydrogens is 883 g/mol. The van der Waals surface area contributed by atoms with E-state index in [-0.39, 0.29) is 0 Å². The Kier molecular flexibility index (Phi) is 12.1. The molecule has 0 N–H and O–H groups in total. The summed E-state index contributed by atoms with van der Waals surface area (Å²) in [7, 11) is -10.5. The summed E-state index contributed by atoms with van der Waals surface area (Å²) in [6.45, 7) is 0. The molecule has 328 valence electrons. The smallest absolute Gasteiger partial charge is 0.164 e. The molecule has 0 saturated carbocycles. The summed E-state index contributed by atoms with van der Waals surface area (Å²) in [5, 5.41) is 11.0. The summed E-state index contributed by atoms with van der Waals surface area (Å²) in [5.41, 5.74) is 2.83. The molecule has 0 unspecified atom stereocenters. The Morgan fingerprint density at radius 3 is 0.710 bits per heavy atom. The van der Waals surface area contributed by atoms with Gasteiger partial charge in [-0.3, -0.25) is 0 Å². The number of benzene rings is 10. The summed E-state index contributed by atoms with van der Waals surface area (Å²) < 4.78 is 0. The first-order valence-electron chi connectivity index (χ1n) is 23.6. The van der Waals surface area contributed by atoms with Gasteiger partial charge in [-0.2, -0.15) is 0 Å². The van der Waals surface area contributed by atoms with Gasteiger partial charge in [0.05, 0.1) is 0 Å². The van der Waals surface area contributed by atoms with E-state index in [1.807, 2.05) is 36.4 Å². The normalized spacial score (nSPS) is 11.8. The largest absolute Gasteiger partial charge is 0.208 e. The van der Waals surface area contributed by atoms with Crippen LogP contribution in [0.1, 0.15) is 0 Å². The van der Waals surface area contributed by atoms with E-state index in [1.54, 1.807) is 0 Å². The van der Waals surface area contributed by atoms with Gasteiger partial charge >= 0.3 is 0 Å². The number of hydrogen-bond donors (Lipinski definition) is 0. The van der Waals surface area contributed by atoms with Crippen LogP contribution in [-0.2, 0) is 0 Å². The Balaban J connectivity index is 1.38. The van der Waals surface area contributed by atoms with Gasteiger partial charge in [-0.25, -0.2) is 15.0 Å². The lowest BCUT2D eigenvalue weighted by Gasteiger charge is -2.59. The van der Waals surface area contributed by atoms with Crippen molar-refractivity contribution < 1.29 is 0 Å². The van der Waals surface area contributed by atoms with Gasteiger partial charge in [0.2, 0.25) is 0 Å². The lowest BCUT2D eigenvalue weighted by Crippen LogP contribution is -3.04. The molecule has 10 aromatic carbocycles. The quantitative estimate of drug-likeness (QED) is 0.0857. The molecule has 1 heterocycles. The van der Waals surface area contributed by atoms with Gasteiger partial charge in [0.15, 0.2) is 17.5 Å². The summed E-state index contributed by atoms with van der Waals surface area (Å²) in [6, 6.07) is 111. The van der Waals surface area contributed by atoms with Crippen molar-refractivity contribution in [1.82, 2.24) is 15.0 Å². The van der Waals surface area contributed by atoms with Crippen molar-refractivity contribution in [1.29, 1.82) is 0 Å². The van der Waals surface area contributed by atoms with Gasteiger partial charge in [-0.05, 0) is 0 Å². The topological polar surface area (TPSA) is 38.7 Å². The van der Waals surface area contributed by atoms with E-state index in [0.29, 0.717) is 17.5 Å². The molecule has 6 heteroatoms. The first-order chi connectivity index (χ1) is 34.2. The molecule has 0 bridgehead atoms. The molecule has 0 atom stereocenters. The lowest BCUT2D eigenvalue weighted by molar-refractivity contribution is 1.07. The molecular formula is C63H49N3Si3. The zero-order valence-electron chi connectivity index (χ0n) is 38.1. The average Bonchev–Trinajstić information content (AvgIpc) is 3.45. The molecule has 0 radical (unpaired) electrons. The number of nitrogens with zero attached hydrogens (tertiary/aromatic N) is 3. The maximum atomic E-state index is 5.35. The Morgan fingerprint density at radius 2 is 0.406 bits per heavy atom. The summed E-state index contributed by atoms with van der Waals surface area (Å²) in [4.78, 5) is 15.8. The van der Waals surface area contributed by atoms with Gasteiger partial charge in [0, 0.05) is 16.7 Å². The van der Waals surface area contributed by atoms with Crippen LogP contribution in [0.5, 0.6) is 0 Å². The fraction of sp³-hybridized carbons (Fsp3) is 0. The highest BCUT2D eigenvalue weighted by Gasteiger charge is 2.72. The fourth-order valence-electron chi connectivity index (χ4n) is 11.3. The van der Waals surface area contributed by atoms with Crippen molar-refractivity contribution in [3.63, 3.8) is 0 Å². The van der Waals surface area contributed by atoms with E-state index in [2.05, 4.69) is 261 Å². The Bertz CT molecular complexity index is 3170. The van der Waals surface area contributed by atoms with Gasteiger partial charge in [0.1, 0.15) is 22.3 Å². The van der Waals surface area contributed by atoms with E-state index in [9.17, 15) is 0 Å². The second-order valence-electron chi connectivity index (χ2n) is 17.4. The first kappa shape index (κ1) is 43.4. The van der Waals surface area contributed by atoms with Crippen LogP contribution in [0.4, 0.5) is 0 Å². The molecule has 0 spiro atoms. The van der Waals surface area contributed by atoms with Crippen molar-refractivity contribution in [3.05, 3.63) is 297 Å². The highest BCUT2D eigenvalue weighted by molar-refractivity contribution is 7.89. The van der Waals surface area contributed by atoms with E-state index < -0.39 is 22.3 Å². The predicted octanol–water partition coefficient (Wildman–Crippen LogP) is 8.93. The van der Waals surface area contributed by atoms with Crippen LogP contribution in [-0.4, -0.2) is 37.2 Å².